The van der Waals surface area contributed by atoms with E-state index < -0.39 is 6.10 Å². The van der Waals surface area contributed by atoms with Crippen LogP contribution in [-0.4, -0.2) is 35.4 Å². The van der Waals surface area contributed by atoms with Gasteiger partial charge in [0.05, 0.1) is 13.2 Å². The average molecular weight is 224 g/mol. The first-order chi connectivity index (χ1) is 7.77. The molecule has 5 nitrogen and oxygen atoms in total. The Hall–Kier alpha value is -1.20. The molecule has 0 spiro atoms. The van der Waals surface area contributed by atoms with E-state index in [9.17, 15) is 5.11 Å². The summed E-state index contributed by atoms with van der Waals surface area (Å²) in [7, 11) is 3.12. The van der Waals surface area contributed by atoms with Crippen molar-refractivity contribution in [3.8, 4) is 5.88 Å². The van der Waals surface area contributed by atoms with Crippen molar-refractivity contribution in [3.63, 3.8) is 0 Å². The lowest BCUT2D eigenvalue weighted by atomic mass is 10.1. The fourth-order valence-corrected chi connectivity index (χ4v) is 1.86. The van der Waals surface area contributed by atoms with E-state index in [2.05, 4.69) is 9.97 Å². The highest BCUT2D eigenvalue weighted by Gasteiger charge is 2.38. The summed E-state index contributed by atoms with van der Waals surface area (Å²) >= 11 is 0. The molecule has 2 unspecified atom stereocenters. The van der Waals surface area contributed by atoms with Gasteiger partial charge >= 0.3 is 0 Å². The summed E-state index contributed by atoms with van der Waals surface area (Å²) in [5.74, 6) is 0.782. The Labute approximate surface area is 94.4 Å². The Morgan fingerprint density at radius 2 is 2.00 bits per heavy atom. The third kappa shape index (κ3) is 2.15. The lowest BCUT2D eigenvalue weighted by molar-refractivity contribution is -0.0291. The van der Waals surface area contributed by atoms with Crippen LogP contribution in [0.5, 0.6) is 5.88 Å². The van der Waals surface area contributed by atoms with Crippen molar-refractivity contribution in [2.45, 2.75) is 25.0 Å². The van der Waals surface area contributed by atoms with Gasteiger partial charge in [-0.3, -0.25) is 4.98 Å². The topological polar surface area (TPSA) is 64.5 Å². The molecule has 1 saturated carbocycles. The molecule has 0 aliphatic heterocycles. The average Bonchev–Trinajstić information content (AvgIpc) is 3.14. The van der Waals surface area contributed by atoms with E-state index in [-0.39, 0.29) is 6.10 Å². The maximum absolute atomic E-state index is 10.2. The van der Waals surface area contributed by atoms with Crippen LogP contribution in [0.4, 0.5) is 0 Å². The molecule has 1 N–H and O–H groups in total. The van der Waals surface area contributed by atoms with Gasteiger partial charge in [0.15, 0.2) is 0 Å². The predicted molar refractivity (Wildman–Crippen MR) is 57.1 cm³/mol. The quantitative estimate of drug-likeness (QED) is 0.806. The first-order valence-corrected chi connectivity index (χ1v) is 5.33. The molecule has 1 heterocycles. The van der Waals surface area contributed by atoms with Gasteiger partial charge in [0.1, 0.15) is 11.8 Å². The summed E-state index contributed by atoms with van der Waals surface area (Å²) in [4.78, 5) is 8.13. The number of aromatic nitrogens is 2. The van der Waals surface area contributed by atoms with Gasteiger partial charge in [0.25, 0.3) is 0 Å². The molecule has 0 saturated heterocycles. The monoisotopic (exact) mass is 224 g/mol. The first kappa shape index (κ1) is 11.3. The Morgan fingerprint density at radius 3 is 2.56 bits per heavy atom. The molecule has 0 bridgehead atoms. The third-order valence-corrected chi connectivity index (χ3v) is 2.83. The first-order valence-electron chi connectivity index (χ1n) is 5.33. The predicted octanol–water partition coefficient (Wildman–Crippen LogP) is 0.944. The number of methoxy groups -OCH3 is 2. The van der Waals surface area contributed by atoms with Crippen molar-refractivity contribution in [1.29, 1.82) is 0 Å². The molecular formula is C11H16N2O3. The second-order valence-corrected chi connectivity index (χ2v) is 3.93. The normalized spacial score (nSPS) is 19.2. The lowest BCUT2D eigenvalue weighted by Crippen LogP contribution is -2.24. The van der Waals surface area contributed by atoms with Crippen LogP contribution in [0.25, 0.3) is 0 Å². The smallest absolute Gasteiger partial charge is 0.238 e. The summed E-state index contributed by atoms with van der Waals surface area (Å²) in [5, 5.41) is 10.2. The summed E-state index contributed by atoms with van der Waals surface area (Å²) in [6.45, 7) is 0. The molecule has 0 amide bonds. The van der Waals surface area contributed by atoms with E-state index >= 15 is 0 Å². The molecule has 1 fully saturated rings. The zero-order valence-electron chi connectivity index (χ0n) is 9.46. The summed E-state index contributed by atoms with van der Waals surface area (Å²) in [6.07, 6.45) is 4.28. The molecule has 16 heavy (non-hydrogen) atoms. The molecule has 1 aliphatic carbocycles. The number of aliphatic hydroxyl groups is 1. The fraction of sp³-hybridized carbons (Fsp3) is 0.636. The van der Waals surface area contributed by atoms with E-state index in [1.807, 2.05) is 0 Å². The van der Waals surface area contributed by atoms with Gasteiger partial charge in [-0.1, -0.05) is 0 Å². The molecule has 2 atom stereocenters. The molecule has 1 aromatic rings. The second kappa shape index (κ2) is 4.76. The van der Waals surface area contributed by atoms with E-state index in [0.29, 0.717) is 17.5 Å². The minimum atomic E-state index is -0.777. The van der Waals surface area contributed by atoms with E-state index in [4.69, 9.17) is 9.47 Å². The largest absolute Gasteiger partial charge is 0.480 e. The van der Waals surface area contributed by atoms with Crippen molar-refractivity contribution in [3.05, 3.63) is 18.1 Å². The molecule has 0 aromatic carbocycles. The summed E-state index contributed by atoms with van der Waals surface area (Å²) in [6, 6.07) is 0. The Kier molecular flexibility index (Phi) is 3.36. The number of hydrogen-bond acceptors (Lipinski definition) is 5. The van der Waals surface area contributed by atoms with Gasteiger partial charge in [0.2, 0.25) is 5.88 Å². The highest BCUT2D eigenvalue weighted by atomic mass is 16.5. The maximum Gasteiger partial charge on any atom is 0.238 e. The Balaban J connectivity index is 2.20. The van der Waals surface area contributed by atoms with Crippen LogP contribution in [0.1, 0.15) is 24.6 Å². The van der Waals surface area contributed by atoms with Crippen LogP contribution in [-0.2, 0) is 4.74 Å². The van der Waals surface area contributed by atoms with Crippen molar-refractivity contribution in [2.24, 2.45) is 5.92 Å². The van der Waals surface area contributed by atoms with Crippen LogP contribution < -0.4 is 4.74 Å². The van der Waals surface area contributed by atoms with Crippen molar-refractivity contribution >= 4 is 0 Å². The lowest BCUT2D eigenvalue weighted by Gasteiger charge is -2.21. The molecule has 1 aliphatic rings. The van der Waals surface area contributed by atoms with Crippen LogP contribution in [0.2, 0.25) is 0 Å². The van der Waals surface area contributed by atoms with Gasteiger partial charge in [-0.15, -0.1) is 0 Å². The minimum absolute atomic E-state index is 0.217. The van der Waals surface area contributed by atoms with Crippen molar-refractivity contribution < 1.29 is 14.6 Å². The Bertz CT molecular complexity index is 355. The highest BCUT2D eigenvalue weighted by Crippen LogP contribution is 2.40. The van der Waals surface area contributed by atoms with Crippen LogP contribution >= 0.6 is 0 Å². The fourth-order valence-electron chi connectivity index (χ4n) is 1.86. The molecule has 1 aromatic heterocycles. The van der Waals surface area contributed by atoms with Gasteiger partial charge in [-0.05, 0) is 18.8 Å². The second-order valence-electron chi connectivity index (χ2n) is 3.93. The third-order valence-electron chi connectivity index (χ3n) is 2.83. The van der Waals surface area contributed by atoms with Crippen LogP contribution in [0, 0.1) is 5.92 Å². The van der Waals surface area contributed by atoms with Gasteiger partial charge < -0.3 is 14.6 Å². The van der Waals surface area contributed by atoms with E-state index in [1.165, 1.54) is 13.3 Å². The maximum atomic E-state index is 10.2. The summed E-state index contributed by atoms with van der Waals surface area (Å²) in [5.41, 5.74) is 0.448. The molecule has 2 rings (SSSR count). The standard InChI is InChI=1S/C11H16N2O3/c1-15-10(7-3-4-7)9(14)8-11(16-2)13-6-5-12-8/h5-7,9-10,14H,3-4H2,1-2H3. The van der Waals surface area contributed by atoms with Crippen molar-refractivity contribution in [2.75, 3.05) is 14.2 Å². The number of nitrogens with zero attached hydrogens (tertiary/aromatic N) is 2. The number of aliphatic hydroxyl groups excluding tert-OH is 1. The van der Waals surface area contributed by atoms with Crippen LogP contribution in [0.15, 0.2) is 12.4 Å². The molecular weight excluding hydrogens is 208 g/mol. The van der Waals surface area contributed by atoms with Gasteiger partial charge in [-0.2, -0.15) is 0 Å². The van der Waals surface area contributed by atoms with Crippen LogP contribution in [0.3, 0.4) is 0 Å². The van der Waals surface area contributed by atoms with Gasteiger partial charge in [-0.25, -0.2) is 4.98 Å². The SMILES string of the molecule is COc1nccnc1C(O)C(OC)C1CC1. The zero-order valence-corrected chi connectivity index (χ0v) is 9.46. The van der Waals surface area contributed by atoms with E-state index in [0.717, 1.165) is 12.8 Å². The molecule has 88 valence electrons. The minimum Gasteiger partial charge on any atom is -0.480 e. The number of hydrogen-bond donors (Lipinski definition) is 1. The number of rotatable bonds is 5. The van der Waals surface area contributed by atoms with E-state index in [1.54, 1.807) is 13.3 Å². The van der Waals surface area contributed by atoms with Crippen molar-refractivity contribution in [1.82, 2.24) is 9.97 Å². The zero-order chi connectivity index (χ0) is 11.5. The molecule has 5 heteroatoms. The highest BCUT2D eigenvalue weighted by molar-refractivity contribution is 5.21. The summed E-state index contributed by atoms with van der Waals surface area (Å²) < 4.78 is 10.4. The Morgan fingerprint density at radius 1 is 1.31 bits per heavy atom. The van der Waals surface area contributed by atoms with Gasteiger partial charge in [0, 0.05) is 19.5 Å². The number of ether oxygens (including phenoxy) is 2. The molecule has 0 radical (unpaired) electrons.